The highest BCUT2D eigenvalue weighted by Gasteiger charge is 2.38. The molecule has 0 saturated heterocycles. The third-order valence-electron chi connectivity index (χ3n) is 3.80. The van der Waals surface area contributed by atoms with Crippen molar-refractivity contribution >= 4 is 28.3 Å². The molecule has 0 aliphatic rings. The molecule has 7 nitrogen and oxygen atoms in total. The monoisotopic (exact) mass is 417 g/mol. The number of pyridine rings is 1. The molecule has 1 aromatic carbocycles. The molecule has 1 heterocycles. The van der Waals surface area contributed by atoms with Gasteiger partial charge in [-0.25, -0.2) is 18.3 Å². The van der Waals surface area contributed by atoms with Crippen molar-refractivity contribution in [3.8, 4) is 0 Å². The molecule has 2 rings (SSSR count). The lowest BCUT2D eigenvalue weighted by Gasteiger charge is -2.31. The quantitative estimate of drug-likeness (QED) is 0.532. The molecule has 0 aliphatic heterocycles. The first-order valence-electron chi connectivity index (χ1n) is 7.87. The maximum Gasteiger partial charge on any atom is 0.262 e. The van der Waals surface area contributed by atoms with E-state index in [1.165, 1.54) is 11.7 Å². The van der Waals surface area contributed by atoms with Crippen LogP contribution in [0.1, 0.15) is 19.4 Å². The Kier molecular flexibility index (Phi) is 8.29. The van der Waals surface area contributed by atoms with Crippen molar-refractivity contribution < 1.29 is 22.8 Å². The van der Waals surface area contributed by atoms with Gasteiger partial charge in [-0.15, -0.1) is 12.4 Å². The lowest BCUT2D eigenvalue weighted by molar-refractivity contribution is -0.134. The Morgan fingerprint density at radius 1 is 1.26 bits per heavy atom. The minimum absolute atomic E-state index is 0. The molecule has 148 valence electrons. The lowest BCUT2D eigenvalue weighted by Crippen LogP contribution is -2.51. The van der Waals surface area contributed by atoms with Gasteiger partial charge in [0, 0.05) is 18.9 Å². The number of hydrogen-bond acceptors (Lipinski definition) is 5. The van der Waals surface area contributed by atoms with Crippen molar-refractivity contribution in [3.63, 3.8) is 0 Å². The molecule has 27 heavy (non-hydrogen) atoms. The van der Waals surface area contributed by atoms with E-state index in [1.807, 2.05) is 0 Å². The second-order valence-corrected chi connectivity index (χ2v) is 7.92. The van der Waals surface area contributed by atoms with Gasteiger partial charge in [-0.05, 0) is 41.8 Å². The van der Waals surface area contributed by atoms with Crippen LogP contribution in [0.3, 0.4) is 0 Å². The number of carbonyl (C=O) groups is 1. The van der Waals surface area contributed by atoms with Crippen LogP contribution in [-0.2, 0) is 21.4 Å². The van der Waals surface area contributed by atoms with Crippen molar-refractivity contribution in [2.24, 2.45) is 5.92 Å². The molecule has 0 unspecified atom stereocenters. The summed E-state index contributed by atoms with van der Waals surface area (Å²) in [5.74, 6) is -1.86. The summed E-state index contributed by atoms with van der Waals surface area (Å²) < 4.78 is 40.4. The molecule has 2 N–H and O–H groups in total. The summed E-state index contributed by atoms with van der Waals surface area (Å²) in [6, 6.07) is 6.49. The zero-order chi connectivity index (χ0) is 19.3. The average molecular weight is 418 g/mol. The Bertz CT molecular complexity index is 848. The van der Waals surface area contributed by atoms with Crippen molar-refractivity contribution in [2.75, 3.05) is 0 Å². The molecule has 1 amide bonds. The standard InChI is InChI=1S/C17H20FN3O4S.ClH/c1-12(2)16(17(22)20-23)21(11-13-4-3-9-19-10-13)26(24,25)15-7-5-14(18)6-8-15;/h3-10,12,16,23H,11H2,1-2H3,(H,20,22);1H/t16-;/m1./s1. The Balaban J connectivity index is 0.00000364. The van der Waals surface area contributed by atoms with Crippen LogP contribution in [0.25, 0.3) is 0 Å². The number of sulfonamides is 1. The Morgan fingerprint density at radius 2 is 1.89 bits per heavy atom. The van der Waals surface area contributed by atoms with E-state index in [-0.39, 0.29) is 23.8 Å². The summed E-state index contributed by atoms with van der Waals surface area (Å²) in [5, 5.41) is 9.06. The van der Waals surface area contributed by atoms with Crippen LogP contribution in [0.4, 0.5) is 4.39 Å². The van der Waals surface area contributed by atoms with Crippen LogP contribution in [0.2, 0.25) is 0 Å². The molecule has 1 aromatic heterocycles. The predicted octanol–water partition coefficient (Wildman–Crippen LogP) is 2.36. The van der Waals surface area contributed by atoms with E-state index >= 15 is 0 Å². The normalized spacial score (nSPS) is 12.5. The summed E-state index contributed by atoms with van der Waals surface area (Å²) in [4.78, 5) is 16.0. The summed E-state index contributed by atoms with van der Waals surface area (Å²) in [7, 11) is -4.15. The maximum atomic E-state index is 13.2. The number of rotatable bonds is 7. The number of benzene rings is 1. The second-order valence-electron chi connectivity index (χ2n) is 6.03. The smallest absolute Gasteiger partial charge is 0.262 e. The van der Waals surface area contributed by atoms with Crippen LogP contribution in [0.5, 0.6) is 0 Å². The molecule has 0 aliphatic carbocycles. The van der Waals surface area contributed by atoms with E-state index in [0.29, 0.717) is 5.56 Å². The molecule has 0 fully saturated rings. The van der Waals surface area contributed by atoms with Gasteiger partial charge in [0.05, 0.1) is 4.90 Å². The SMILES string of the molecule is CC(C)[C@H](C(=O)NO)N(Cc1cccnc1)S(=O)(=O)c1ccc(F)cc1.Cl. The number of hydroxylamine groups is 1. The minimum Gasteiger partial charge on any atom is -0.289 e. The molecular formula is C17H21ClFN3O4S. The first-order chi connectivity index (χ1) is 12.3. The third kappa shape index (κ3) is 5.46. The Morgan fingerprint density at radius 3 is 2.37 bits per heavy atom. The number of carbonyl (C=O) groups excluding carboxylic acids is 1. The van der Waals surface area contributed by atoms with Crippen molar-refractivity contribution in [1.29, 1.82) is 0 Å². The number of hydrogen-bond donors (Lipinski definition) is 2. The minimum atomic E-state index is -4.15. The number of amides is 1. The highest BCUT2D eigenvalue weighted by Crippen LogP contribution is 2.25. The molecule has 0 saturated carbocycles. The summed E-state index contributed by atoms with van der Waals surface area (Å²) in [5.41, 5.74) is 2.09. The zero-order valence-electron chi connectivity index (χ0n) is 14.7. The third-order valence-corrected chi connectivity index (χ3v) is 5.64. The van der Waals surface area contributed by atoms with Gasteiger partial charge in [0.1, 0.15) is 11.9 Å². The van der Waals surface area contributed by atoms with Gasteiger partial charge in [-0.2, -0.15) is 4.31 Å². The fraction of sp³-hybridized carbons (Fsp3) is 0.294. The molecule has 10 heteroatoms. The lowest BCUT2D eigenvalue weighted by atomic mass is 10.0. The summed E-state index contributed by atoms with van der Waals surface area (Å²) in [6.45, 7) is 3.19. The molecule has 1 atom stereocenters. The van der Waals surface area contributed by atoms with Crippen molar-refractivity contribution in [1.82, 2.24) is 14.8 Å². The number of aromatic nitrogens is 1. The number of nitrogens with one attached hydrogen (secondary N) is 1. The topological polar surface area (TPSA) is 99.6 Å². The van der Waals surface area contributed by atoms with Crippen LogP contribution in [0, 0.1) is 11.7 Å². The summed E-state index contributed by atoms with van der Waals surface area (Å²) in [6.07, 6.45) is 3.03. The van der Waals surface area contributed by atoms with Gasteiger partial charge in [0.15, 0.2) is 0 Å². The highest BCUT2D eigenvalue weighted by molar-refractivity contribution is 7.89. The molecule has 0 spiro atoms. The van der Waals surface area contributed by atoms with Gasteiger partial charge in [-0.1, -0.05) is 19.9 Å². The van der Waals surface area contributed by atoms with E-state index in [1.54, 1.807) is 32.2 Å². The van der Waals surface area contributed by atoms with E-state index in [4.69, 9.17) is 5.21 Å². The van der Waals surface area contributed by atoms with Crippen molar-refractivity contribution in [2.45, 2.75) is 31.3 Å². The van der Waals surface area contributed by atoms with E-state index in [9.17, 15) is 17.6 Å². The van der Waals surface area contributed by atoms with E-state index in [2.05, 4.69) is 4.98 Å². The maximum absolute atomic E-state index is 13.2. The fourth-order valence-electron chi connectivity index (χ4n) is 2.58. The van der Waals surface area contributed by atoms with E-state index in [0.717, 1.165) is 28.6 Å². The zero-order valence-corrected chi connectivity index (χ0v) is 16.4. The molecule has 2 aromatic rings. The van der Waals surface area contributed by atoms with Crippen LogP contribution in [0.15, 0.2) is 53.7 Å². The largest absolute Gasteiger partial charge is 0.289 e. The second kappa shape index (κ2) is 9.75. The van der Waals surface area contributed by atoms with Gasteiger partial charge in [0.2, 0.25) is 10.0 Å². The summed E-state index contributed by atoms with van der Waals surface area (Å²) >= 11 is 0. The Hall–Kier alpha value is -2.07. The first kappa shape index (κ1) is 23.0. The van der Waals surface area contributed by atoms with E-state index < -0.39 is 33.7 Å². The molecular weight excluding hydrogens is 397 g/mol. The van der Waals surface area contributed by atoms with Crippen LogP contribution in [-0.4, -0.2) is 34.9 Å². The Labute approximate surface area is 163 Å². The van der Waals surface area contributed by atoms with Gasteiger partial charge in [0.25, 0.3) is 5.91 Å². The van der Waals surface area contributed by atoms with Gasteiger partial charge < -0.3 is 0 Å². The average Bonchev–Trinajstić information content (AvgIpc) is 2.62. The van der Waals surface area contributed by atoms with Crippen molar-refractivity contribution in [3.05, 3.63) is 60.2 Å². The number of halogens is 2. The molecule has 0 bridgehead atoms. The first-order valence-corrected chi connectivity index (χ1v) is 9.31. The van der Waals surface area contributed by atoms with Crippen LogP contribution < -0.4 is 5.48 Å². The number of nitrogens with zero attached hydrogens (tertiary/aromatic N) is 2. The van der Waals surface area contributed by atoms with Gasteiger partial charge >= 0.3 is 0 Å². The predicted molar refractivity (Wildman–Crippen MR) is 99.2 cm³/mol. The van der Waals surface area contributed by atoms with Crippen LogP contribution >= 0.6 is 12.4 Å². The molecule has 0 radical (unpaired) electrons. The highest BCUT2D eigenvalue weighted by atomic mass is 35.5. The fourth-order valence-corrected chi connectivity index (χ4v) is 4.29. The van der Waals surface area contributed by atoms with Gasteiger partial charge in [-0.3, -0.25) is 15.0 Å².